The van der Waals surface area contributed by atoms with E-state index in [2.05, 4.69) is 85.5 Å². The summed E-state index contributed by atoms with van der Waals surface area (Å²) in [5.74, 6) is 2.38. The highest BCUT2D eigenvalue weighted by molar-refractivity contribution is 5.67. The molecule has 0 fully saturated rings. The van der Waals surface area contributed by atoms with Gasteiger partial charge in [0.15, 0.2) is 0 Å². The van der Waals surface area contributed by atoms with E-state index in [-0.39, 0.29) is 0 Å². The van der Waals surface area contributed by atoms with E-state index in [4.69, 9.17) is 0 Å². The lowest BCUT2D eigenvalue weighted by molar-refractivity contribution is 0.405. The Balaban J connectivity index is 2.17. The SMILES string of the molecule is CC(C)c1cccc(C(C)C)c1Nc1ccnc(NCCCN(C)C)n1. The van der Waals surface area contributed by atoms with Gasteiger partial charge in [-0.25, -0.2) is 4.98 Å². The Hall–Kier alpha value is -2.14. The van der Waals surface area contributed by atoms with E-state index in [0.29, 0.717) is 17.8 Å². The molecule has 0 aliphatic heterocycles. The number of rotatable bonds is 9. The maximum Gasteiger partial charge on any atom is 0.224 e. The zero-order chi connectivity index (χ0) is 19.1. The van der Waals surface area contributed by atoms with Crippen LogP contribution in [0.2, 0.25) is 0 Å². The van der Waals surface area contributed by atoms with Crippen molar-refractivity contribution >= 4 is 17.5 Å². The topological polar surface area (TPSA) is 53.1 Å². The van der Waals surface area contributed by atoms with Crippen molar-refractivity contribution in [2.45, 2.75) is 46.0 Å². The lowest BCUT2D eigenvalue weighted by atomic mass is 9.92. The van der Waals surface area contributed by atoms with Gasteiger partial charge < -0.3 is 15.5 Å². The van der Waals surface area contributed by atoms with Gasteiger partial charge in [-0.2, -0.15) is 4.98 Å². The first kappa shape index (κ1) is 20.2. The quantitative estimate of drug-likeness (QED) is 0.631. The van der Waals surface area contributed by atoms with Crippen LogP contribution in [0.3, 0.4) is 0 Å². The van der Waals surface area contributed by atoms with Gasteiger partial charge in [0, 0.05) is 18.4 Å². The molecule has 1 aromatic carbocycles. The zero-order valence-corrected chi connectivity index (χ0v) is 17.0. The number of para-hydroxylation sites is 1. The van der Waals surface area contributed by atoms with Crippen LogP contribution < -0.4 is 10.6 Å². The van der Waals surface area contributed by atoms with Crippen molar-refractivity contribution in [2.24, 2.45) is 0 Å². The molecule has 5 heteroatoms. The van der Waals surface area contributed by atoms with Crippen LogP contribution in [0.4, 0.5) is 17.5 Å². The van der Waals surface area contributed by atoms with E-state index in [9.17, 15) is 0 Å². The molecule has 1 aromatic heterocycles. The van der Waals surface area contributed by atoms with E-state index in [1.165, 1.54) is 16.8 Å². The molecule has 0 atom stereocenters. The Morgan fingerprint density at radius 1 is 1.00 bits per heavy atom. The molecule has 0 aliphatic rings. The maximum absolute atomic E-state index is 4.64. The van der Waals surface area contributed by atoms with Crippen LogP contribution in [0.15, 0.2) is 30.5 Å². The van der Waals surface area contributed by atoms with Crippen molar-refractivity contribution in [3.05, 3.63) is 41.6 Å². The van der Waals surface area contributed by atoms with Gasteiger partial charge in [0.1, 0.15) is 5.82 Å². The van der Waals surface area contributed by atoms with Gasteiger partial charge in [-0.3, -0.25) is 0 Å². The second-order valence-electron chi connectivity index (χ2n) is 7.59. The fraction of sp³-hybridized carbons (Fsp3) is 0.524. The molecule has 0 radical (unpaired) electrons. The van der Waals surface area contributed by atoms with Gasteiger partial charge in [0.05, 0.1) is 0 Å². The van der Waals surface area contributed by atoms with E-state index in [1.807, 2.05) is 6.07 Å². The van der Waals surface area contributed by atoms with Crippen LogP contribution in [-0.4, -0.2) is 42.1 Å². The summed E-state index contributed by atoms with van der Waals surface area (Å²) < 4.78 is 0. The van der Waals surface area contributed by atoms with Gasteiger partial charge in [-0.1, -0.05) is 45.9 Å². The summed E-state index contributed by atoms with van der Waals surface area (Å²) >= 11 is 0. The van der Waals surface area contributed by atoms with Crippen molar-refractivity contribution in [1.29, 1.82) is 0 Å². The van der Waals surface area contributed by atoms with Crippen molar-refractivity contribution < 1.29 is 0 Å². The standard InChI is InChI=1S/C21H33N5/c1-15(2)17-9-7-10-18(16(3)4)20(17)24-19-11-13-23-21(25-19)22-12-8-14-26(5)6/h7,9-11,13,15-16H,8,12,14H2,1-6H3,(H2,22,23,24,25). The predicted molar refractivity (Wildman–Crippen MR) is 112 cm³/mol. The van der Waals surface area contributed by atoms with Crippen LogP contribution in [0.25, 0.3) is 0 Å². The first-order valence-electron chi connectivity index (χ1n) is 9.50. The summed E-state index contributed by atoms with van der Waals surface area (Å²) in [6.45, 7) is 10.8. The zero-order valence-electron chi connectivity index (χ0n) is 17.0. The molecule has 0 saturated heterocycles. The maximum atomic E-state index is 4.64. The second kappa shape index (κ2) is 9.53. The monoisotopic (exact) mass is 355 g/mol. The summed E-state index contributed by atoms with van der Waals surface area (Å²) in [5.41, 5.74) is 3.81. The number of aromatic nitrogens is 2. The normalized spacial score (nSPS) is 11.4. The number of nitrogens with zero attached hydrogens (tertiary/aromatic N) is 3. The number of hydrogen-bond donors (Lipinski definition) is 2. The summed E-state index contributed by atoms with van der Waals surface area (Å²) in [6.07, 6.45) is 2.86. The van der Waals surface area contributed by atoms with Crippen molar-refractivity contribution in [1.82, 2.24) is 14.9 Å². The second-order valence-corrected chi connectivity index (χ2v) is 7.59. The van der Waals surface area contributed by atoms with Crippen molar-refractivity contribution in [2.75, 3.05) is 37.8 Å². The van der Waals surface area contributed by atoms with E-state index >= 15 is 0 Å². The molecule has 26 heavy (non-hydrogen) atoms. The van der Waals surface area contributed by atoms with Crippen LogP contribution in [0.1, 0.15) is 57.1 Å². The summed E-state index contributed by atoms with van der Waals surface area (Å²) in [6, 6.07) is 8.46. The van der Waals surface area contributed by atoms with Gasteiger partial charge in [-0.05, 0) is 56.1 Å². The molecule has 1 heterocycles. The molecule has 2 aromatic rings. The van der Waals surface area contributed by atoms with Crippen molar-refractivity contribution in [3.8, 4) is 0 Å². The molecule has 0 unspecified atom stereocenters. The van der Waals surface area contributed by atoms with Gasteiger partial charge in [-0.15, -0.1) is 0 Å². The highest BCUT2D eigenvalue weighted by Gasteiger charge is 2.14. The van der Waals surface area contributed by atoms with Crippen LogP contribution in [0.5, 0.6) is 0 Å². The predicted octanol–water partition coefficient (Wildman–Crippen LogP) is 4.83. The number of nitrogens with one attached hydrogen (secondary N) is 2. The number of benzene rings is 1. The molecule has 142 valence electrons. The van der Waals surface area contributed by atoms with E-state index in [1.54, 1.807) is 6.20 Å². The largest absolute Gasteiger partial charge is 0.354 e. The molecular formula is C21H33N5. The smallest absolute Gasteiger partial charge is 0.224 e. The highest BCUT2D eigenvalue weighted by atomic mass is 15.1. The molecule has 0 aliphatic carbocycles. The Bertz CT molecular complexity index is 668. The minimum atomic E-state index is 0.446. The van der Waals surface area contributed by atoms with Crippen LogP contribution in [0, 0.1) is 0 Å². The molecule has 2 N–H and O–H groups in total. The van der Waals surface area contributed by atoms with Crippen LogP contribution >= 0.6 is 0 Å². The summed E-state index contributed by atoms with van der Waals surface area (Å²) in [4.78, 5) is 11.2. The summed E-state index contributed by atoms with van der Waals surface area (Å²) in [7, 11) is 4.17. The molecule has 0 bridgehead atoms. The summed E-state index contributed by atoms with van der Waals surface area (Å²) in [5, 5.41) is 6.87. The Morgan fingerprint density at radius 3 is 2.23 bits per heavy atom. The van der Waals surface area contributed by atoms with Gasteiger partial charge in [0.25, 0.3) is 0 Å². The van der Waals surface area contributed by atoms with Crippen LogP contribution in [-0.2, 0) is 0 Å². The molecule has 0 saturated carbocycles. The molecule has 5 nitrogen and oxygen atoms in total. The first-order valence-corrected chi connectivity index (χ1v) is 9.50. The Labute approximate surface area is 158 Å². The fourth-order valence-electron chi connectivity index (χ4n) is 2.93. The number of hydrogen-bond acceptors (Lipinski definition) is 5. The Kier molecular flexibility index (Phi) is 7.39. The van der Waals surface area contributed by atoms with E-state index in [0.717, 1.165) is 25.3 Å². The molecule has 2 rings (SSSR count). The fourth-order valence-corrected chi connectivity index (χ4v) is 2.93. The average Bonchev–Trinajstić information content (AvgIpc) is 2.58. The lowest BCUT2D eigenvalue weighted by Gasteiger charge is -2.20. The van der Waals surface area contributed by atoms with E-state index < -0.39 is 0 Å². The molecule has 0 spiro atoms. The lowest BCUT2D eigenvalue weighted by Crippen LogP contribution is -2.17. The highest BCUT2D eigenvalue weighted by Crippen LogP contribution is 2.34. The van der Waals surface area contributed by atoms with Crippen molar-refractivity contribution in [3.63, 3.8) is 0 Å². The molecular weight excluding hydrogens is 322 g/mol. The first-order chi connectivity index (χ1) is 12.4. The third kappa shape index (κ3) is 5.70. The molecule has 0 amide bonds. The third-order valence-corrected chi connectivity index (χ3v) is 4.35. The minimum Gasteiger partial charge on any atom is -0.354 e. The third-order valence-electron chi connectivity index (χ3n) is 4.35. The average molecular weight is 356 g/mol. The number of anilines is 3. The van der Waals surface area contributed by atoms with Gasteiger partial charge >= 0.3 is 0 Å². The minimum absolute atomic E-state index is 0.446. The van der Waals surface area contributed by atoms with Gasteiger partial charge in [0.2, 0.25) is 5.95 Å². The Morgan fingerprint density at radius 2 is 1.65 bits per heavy atom.